The van der Waals surface area contributed by atoms with Gasteiger partial charge in [-0.15, -0.1) is 24.0 Å². The maximum absolute atomic E-state index is 4.40. The second-order valence-electron chi connectivity index (χ2n) is 6.87. The summed E-state index contributed by atoms with van der Waals surface area (Å²) in [6, 6.07) is 11.4. The molecule has 2 fully saturated rings. The fraction of sp³-hybridized carbons (Fsp3) is 0.632. The first-order chi connectivity index (χ1) is 11.3. The lowest BCUT2D eigenvalue weighted by atomic mass is 9.96. The lowest BCUT2D eigenvalue weighted by Gasteiger charge is -2.25. The molecule has 5 heteroatoms. The van der Waals surface area contributed by atoms with Crippen molar-refractivity contribution in [1.29, 1.82) is 0 Å². The minimum absolute atomic E-state index is 0. The van der Waals surface area contributed by atoms with Gasteiger partial charge in [-0.25, -0.2) is 0 Å². The number of para-hydroxylation sites is 1. The number of hydrogen-bond donors (Lipinski definition) is 2. The van der Waals surface area contributed by atoms with Crippen molar-refractivity contribution in [1.82, 2.24) is 10.6 Å². The molecule has 1 unspecified atom stereocenters. The van der Waals surface area contributed by atoms with E-state index in [9.17, 15) is 0 Å². The van der Waals surface area contributed by atoms with Crippen LogP contribution < -0.4 is 15.5 Å². The molecule has 134 valence electrons. The van der Waals surface area contributed by atoms with Gasteiger partial charge in [-0.1, -0.05) is 37.5 Å². The number of halogens is 1. The van der Waals surface area contributed by atoms with Crippen molar-refractivity contribution in [3.05, 3.63) is 30.3 Å². The summed E-state index contributed by atoms with van der Waals surface area (Å²) in [5.41, 5.74) is 1.35. The summed E-state index contributed by atoms with van der Waals surface area (Å²) in [6.45, 7) is 3.30. The van der Waals surface area contributed by atoms with Crippen LogP contribution in [0, 0.1) is 5.92 Å². The standard InChI is InChI=1S/C19H30N4.HI/c1-20-19(22-17-8-4-2-5-9-17)21-14-16-12-13-23(15-16)18-10-6-3-7-11-18;/h3,6-7,10-11,16-17H,2,4-5,8-9,12-15H2,1H3,(H2,20,21,22);1H. The zero-order chi connectivity index (χ0) is 15.9. The van der Waals surface area contributed by atoms with Gasteiger partial charge in [-0.05, 0) is 37.3 Å². The van der Waals surface area contributed by atoms with Crippen LogP contribution in [-0.4, -0.2) is 38.7 Å². The number of benzene rings is 1. The van der Waals surface area contributed by atoms with Crippen molar-refractivity contribution in [3.8, 4) is 0 Å². The van der Waals surface area contributed by atoms with Crippen LogP contribution in [0.15, 0.2) is 35.3 Å². The molecule has 1 saturated heterocycles. The summed E-state index contributed by atoms with van der Waals surface area (Å²) in [4.78, 5) is 6.89. The molecule has 0 spiro atoms. The number of anilines is 1. The van der Waals surface area contributed by atoms with E-state index in [1.807, 2.05) is 7.05 Å². The summed E-state index contributed by atoms with van der Waals surface area (Å²) in [5, 5.41) is 7.14. The van der Waals surface area contributed by atoms with E-state index in [0.717, 1.165) is 25.6 Å². The minimum Gasteiger partial charge on any atom is -0.371 e. The molecule has 1 saturated carbocycles. The quantitative estimate of drug-likeness (QED) is 0.425. The second-order valence-corrected chi connectivity index (χ2v) is 6.87. The van der Waals surface area contributed by atoms with Crippen LogP contribution in [-0.2, 0) is 0 Å². The third kappa shape index (κ3) is 5.53. The molecule has 4 nitrogen and oxygen atoms in total. The lowest BCUT2D eigenvalue weighted by molar-refractivity contribution is 0.408. The van der Waals surface area contributed by atoms with Crippen molar-refractivity contribution < 1.29 is 0 Å². The van der Waals surface area contributed by atoms with Crippen LogP contribution >= 0.6 is 24.0 Å². The van der Waals surface area contributed by atoms with Gasteiger partial charge in [0, 0.05) is 38.4 Å². The summed E-state index contributed by atoms with van der Waals surface area (Å²) in [7, 11) is 1.88. The van der Waals surface area contributed by atoms with Crippen molar-refractivity contribution in [2.45, 2.75) is 44.6 Å². The van der Waals surface area contributed by atoms with Gasteiger partial charge in [0.1, 0.15) is 0 Å². The van der Waals surface area contributed by atoms with Gasteiger partial charge in [-0.2, -0.15) is 0 Å². The zero-order valence-electron chi connectivity index (χ0n) is 14.7. The first-order valence-electron chi connectivity index (χ1n) is 9.12. The summed E-state index contributed by atoms with van der Waals surface area (Å²) in [5.74, 6) is 1.68. The van der Waals surface area contributed by atoms with Crippen LogP contribution in [0.5, 0.6) is 0 Å². The molecule has 1 aromatic rings. The first-order valence-corrected chi connectivity index (χ1v) is 9.12. The Labute approximate surface area is 163 Å². The molecule has 1 aromatic carbocycles. The molecule has 1 aliphatic carbocycles. The molecule has 3 rings (SSSR count). The van der Waals surface area contributed by atoms with Gasteiger partial charge < -0.3 is 15.5 Å². The van der Waals surface area contributed by atoms with Crippen LogP contribution in [0.2, 0.25) is 0 Å². The monoisotopic (exact) mass is 442 g/mol. The van der Waals surface area contributed by atoms with E-state index in [2.05, 4.69) is 50.9 Å². The second kappa shape index (κ2) is 10.1. The fourth-order valence-electron chi connectivity index (χ4n) is 3.75. The normalized spacial score (nSPS) is 22.1. The first kappa shape index (κ1) is 19.3. The highest BCUT2D eigenvalue weighted by atomic mass is 127. The number of nitrogens with zero attached hydrogens (tertiary/aromatic N) is 2. The average Bonchev–Trinajstić information content (AvgIpc) is 3.09. The van der Waals surface area contributed by atoms with Crippen molar-refractivity contribution in [2.24, 2.45) is 10.9 Å². The van der Waals surface area contributed by atoms with Gasteiger partial charge in [0.2, 0.25) is 0 Å². The smallest absolute Gasteiger partial charge is 0.191 e. The number of rotatable bonds is 4. The summed E-state index contributed by atoms with van der Waals surface area (Å²) in [6.07, 6.45) is 7.91. The number of nitrogens with one attached hydrogen (secondary N) is 2. The third-order valence-corrected chi connectivity index (χ3v) is 5.13. The molecule has 0 bridgehead atoms. The zero-order valence-corrected chi connectivity index (χ0v) is 17.0. The van der Waals surface area contributed by atoms with Gasteiger partial charge in [0.05, 0.1) is 0 Å². The van der Waals surface area contributed by atoms with E-state index in [1.165, 1.54) is 44.2 Å². The van der Waals surface area contributed by atoms with Gasteiger partial charge in [0.25, 0.3) is 0 Å². The molecule has 1 aliphatic heterocycles. The van der Waals surface area contributed by atoms with Crippen molar-refractivity contribution >= 4 is 35.6 Å². The molecule has 0 aromatic heterocycles. The Balaban J connectivity index is 0.00000208. The van der Waals surface area contributed by atoms with Crippen LogP contribution in [0.4, 0.5) is 5.69 Å². The maximum Gasteiger partial charge on any atom is 0.191 e. The largest absolute Gasteiger partial charge is 0.371 e. The van der Waals surface area contributed by atoms with E-state index < -0.39 is 0 Å². The van der Waals surface area contributed by atoms with Crippen LogP contribution in [0.3, 0.4) is 0 Å². The Morgan fingerprint density at radius 2 is 1.88 bits per heavy atom. The molecule has 24 heavy (non-hydrogen) atoms. The Bertz CT molecular complexity index is 499. The molecule has 2 N–H and O–H groups in total. The average molecular weight is 442 g/mol. The Kier molecular flexibility index (Phi) is 8.15. The highest BCUT2D eigenvalue weighted by Gasteiger charge is 2.23. The van der Waals surface area contributed by atoms with Gasteiger partial charge in [-0.3, -0.25) is 4.99 Å². The Hall–Kier alpha value is -0.980. The van der Waals surface area contributed by atoms with Crippen molar-refractivity contribution in [3.63, 3.8) is 0 Å². The molecule has 0 radical (unpaired) electrons. The number of aliphatic imine (C=N–C) groups is 1. The highest BCUT2D eigenvalue weighted by Crippen LogP contribution is 2.23. The minimum atomic E-state index is 0. The summed E-state index contributed by atoms with van der Waals surface area (Å²) >= 11 is 0. The third-order valence-electron chi connectivity index (χ3n) is 5.13. The van der Waals surface area contributed by atoms with E-state index >= 15 is 0 Å². The van der Waals surface area contributed by atoms with Crippen LogP contribution in [0.25, 0.3) is 0 Å². The van der Waals surface area contributed by atoms with E-state index in [1.54, 1.807) is 0 Å². The predicted octanol–water partition coefficient (Wildman–Crippen LogP) is 3.63. The number of hydrogen-bond acceptors (Lipinski definition) is 2. The molecule has 1 atom stereocenters. The molecule has 0 amide bonds. The van der Waals surface area contributed by atoms with Crippen LogP contribution in [0.1, 0.15) is 38.5 Å². The molecular weight excluding hydrogens is 411 g/mol. The van der Waals surface area contributed by atoms with Gasteiger partial charge >= 0.3 is 0 Å². The van der Waals surface area contributed by atoms with E-state index in [0.29, 0.717) is 12.0 Å². The Morgan fingerprint density at radius 3 is 2.58 bits per heavy atom. The summed E-state index contributed by atoms with van der Waals surface area (Å²) < 4.78 is 0. The Morgan fingerprint density at radius 1 is 1.12 bits per heavy atom. The molecular formula is C19H31IN4. The topological polar surface area (TPSA) is 39.7 Å². The SMILES string of the molecule is CN=C(NCC1CCN(c2ccccc2)C1)NC1CCCCC1.I. The molecule has 1 heterocycles. The predicted molar refractivity (Wildman–Crippen MR) is 114 cm³/mol. The van der Waals surface area contributed by atoms with Gasteiger partial charge in [0.15, 0.2) is 5.96 Å². The van der Waals surface area contributed by atoms with E-state index in [4.69, 9.17) is 0 Å². The highest BCUT2D eigenvalue weighted by molar-refractivity contribution is 14.0. The lowest BCUT2D eigenvalue weighted by Crippen LogP contribution is -2.45. The van der Waals surface area contributed by atoms with Crippen molar-refractivity contribution in [2.75, 3.05) is 31.6 Å². The molecule has 2 aliphatic rings. The van der Waals surface area contributed by atoms with E-state index in [-0.39, 0.29) is 24.0 Å². The fourth-order valence-corrected chi connectivity index (χ4v) is 3.75. The maximum atomic E-state index is 4.40. The number of guanidine groups is 1.